The van der Waals surface area contributed by atoms with Gasteiger partial charge in [0.1, 0.15) is 0 Å². The highest BCUT2D eigenvalue weighted by Gasteiger charge is 2.03. The summed E-state index contributed by atoms with van der Waals surface area (Å²) >= 11 is 3.36. The van der Waals surface area contributed by atoms with Gasteiger partial charge < -0.3 is 4.90 Å². The zero-order chi connectivity index (χ0) is 9.14. The van der Waals surface area contributed by atoms with Crippen LogP contribution in [0.4, 0.5) is 5.95 Å². The van der Waals surface area contributed by atoms with E-state index in [2.05, 4.69) is 32.8 Å². The van der Waals surface area contributed by atoms with Crippen molar-refractivity contribution < 1.29 is 0 Å². The molecule has 4 heteroatoms. The molecule has 1 aromatic rings. The number of hydrogen-bond acceptors (Lipinski definition) is 3. The van der Waals surface area contributed by atoms with Gasteiger partial charge in [0.05, 0.1) is 10.2 Å². The predicted octanol–water partition coefficient (Wildman–Crippen LogP) is 2.00. The number of anilines is 1. The third-order valence-corrected chi connectivity index (χ3v) is 2.50. The molecule has 0 unspecified atom stereocenters. The fourth-order valence-electron chi connectivity index (χ4n) is 0.765. The highest BCUT2D eigenvalue weighted by atomic mass is 79.9. The summed E-state index contributed by atoms with van der Waals surface area (Å²) in [6, 6.07) is 0. The maximum atomic E-state index is 4.31. The van der Waals surface area contributed by atoms with Crippen LogP contribution in [-0.4, -0.2) is 23.6 Å². The predicted molar refractivity (Wildman–Crippen MR) is 53.4 cm³/mol. The highest BCUT2D eigenvalue weighted by Crippen LogP contribution is 2.14. The van der Waals surface area contributed by atoms with Crippen LogP contribution in [0.25, 0.3) is 0 Å². The van der Waals surface area contributed by atoms with Crippen molar-refractivity contribution in [1.29, 1.82) is 0 Å². The first-order valence-corrected chi connectivity index (χ1v) is 4.64. The molecule has 0 aromatic carbocycles. The molecule has 0 saturated heterocycles. The van der Waals surface area contributed by atoms with E-state index in [9.17, 15) is 0 Å². The lowest BCUT2D eigenvalue weighted by molar-refractivity contribution is 0.888. The monoisotopic (exact) mass is 229 g/mol. The first kappa shape index (κ1) is 9.45. The third-order valence-electron chi connectivity index (χ3n) is 1.72. The summed E-state index contributed by atoms with van der Waals surface area (Å²) in [6.07, 6.45) is 1.78. The van der Waals surface area contributed by atoms with Gasteiger partial charge in [0.2, 0.25) is 5.95 Å². The number of aromatic nitrogens is 2. The Morgan fingerprint density at radius 2 is 2.25 bits per heavy atom. The van der Waals surface area contributed by atoms with E-state index < -0.39 is 0 Å². The molecule has 1 heterocycles. The molecule has 0 N–H and O–H groups in total. The van der Waals surface area contributed by atoms with Crippen LogP contribution in [-0.2, 0) is 0 Å². The Kier molecular flexibility index (Phi) is 3.03. The standard InChI is InChI=1S/C8H12BrN3/c1-4-12(3)8-10-5-7(9)6(2)11-8/h5H,4H2,1-3H3. The molecule has 12 heavy (non-hydrogen) atoms. The van der Waals surface area contributed by atoms with E-state index >= 15 is 0 Å². The molecule has 66 valence electrons. The molecule has 0 bridgehead atoms. The van der Waals surface area contributed by atoms with Crippen molar-refractivity contribution >= 4 is 21.9 Å². The fraction of sp³-hybridized carbons (Fsp3) is 0.500. The van der Waals surface area contributed by atoms with Crippen molar-refractivity contribution in [2.45, 2.75) is 13.8 Å². The number of aryl methyl sites for hydroxylation is 1. The molecule has 3 nitrogen and oxygen atoms in total. The van der Waals surface area contributed by atoms with E-state index in [0.29, 0.717) is 0 Å². The van der Waals surface area contributed by atoms with Gasteiger partial charge in [-0.15, -0.1) is 0 Å². The van der Waals surface area contributed by atoms with E-state index in [1.807, 2.05) is 18.9 Å². The van der Waals surface area contributed by atoms with Crippen LogP contribution in [0.3, 0.4) is 0 Å². The molecule has 0 aliphatic carbocycles. The molecule has 0 spiro atoms. The van der Waals surface area contributed by atoms with E-state index in [1.54, 1.807) is 6.20 Å². The molecule has 0 aliphatic heterocycles. The third kappa shape index (κ3) is 1.94. The minimum absolute atomic E-state index is 0.776. The van der Waals surface area contributed by atoms with Crippen molar-refractivity contribution in [3.8, 4) is 0 Å². The average molecular weight is 230 g/mol. The molecule has 0 aliphatic rings. The van der Waals surface area contributed by atoms with Crippen LogP contribution in [0.2, 0.25) is 0 Å². The van der Waals surface area contributed by atoms with Crippen molar-refractivity contribution in [3.05, 3.63) is 16.4 Å². The summed E-state index contributed by atoms with van der Waals surface area (Å²) in [6.45, 7) is 4.95. The van der Waals surface area contributed by atoms with E-state index in [-0.39, 0.29) is 0 Å². The number of rotatable bonds is 2. The van der Waals surface area contributed by atoms with E-state index in [1.165, 1.54) is 0 Å². The zero-order valence-corrected chi connectivity index (χ0v) is 9.09. The Bertz CT molecular complexity index is 275. The van der Waals surface area contributed by atoms with Gasteiger partial charge in [-0.2, -0.15) is 0 Å². The summed E-state index contributed by atoms with van der Waals surface area (Å²) in [5, 5.41) is 0. The fourth-order valence-corrected chi connectivity index (χ4v) is 0.956. The van der Waals surface area contributed by atoms with Gasteiger partial charge in [-0.05, 0) is 29.8 Å². The van der Waals surface area contributed by atoms with Crippen LogP contribution in [0.1, 0.15) is 12.6 Å². The van der Waals surface area contributed by atoms with Crippen molar-refractivity contribution in [2.24, 2.45) is 0 Å². The lowest BCUT2D eigenvalue weighted by Gasteiger charge is -2.14. The van der Waals surface area contributed by atoms with Crippen molar-refractivity contribution in [1.82, 2.24) is 9.97 Å². The number of nitrogens with zero attached hydrogens (tertiary/aromatic N) is 3. The Hall–Kier alpha value is -0.640. The second-order valence-corrected chi connectivity index (χ2v) is 3.47. The Labute approximate surface area is 81.0 Å². The van der Waals surface area contributed by atoms with Crippen LogP contribution >= 0.6 is 15.9 Å². The second-order valence-electron chi connectivity index (χ2n) is 2.62. The number of hydrogen-bond donors (Lipinski definition) is 0. The molecular formula is C8H12BrN3. The topological polar surface area (TPSA) is 29.0 Å². The maximum absolute atomic E-state index is 4.31. The second kappa shape index (κ2) is 3.85. The van der Waals surface area contributed by atoms with Gasteiger partial charge in [0.25, 0.3) is 0 Å². The summed E-state index contributed by atoms with van der Waals surface area (Å²) in [5.41, 5.74) is 0.973. The summed E-state index contributed by atoms with van der Waals surface area (Å²) in [4.78, 5) is 10.5. The Balaban J connectivity index is 2.96. The maximum Gasteiger partial charge on any atom is 0.225 e. The summed E-state index contributed by atoms with van der Waals surface area (Å²) in [5.74, 6) is 0.776. The first-order valence-electron chi connectivity index (χ1n) is 3.85. The lowest BCUT2D eigenvalue weighted by atomic mass is 10.4. The largest absolute Gasteiger partial charge is 0.344 e. The van der Waals surface area contributed by atoms with E-state index in [4.69, 9.17) is 0 Å². The molecule has 0 amide bonds. The molecule has 1 rings (SSSR count). The van der Waals surface area contributed by atoms with Crippen LogP contribution in [0, 0.1) is 6.92 Å². The van der Waals surface area contributed by atoms with Crippen molar-refractivity contribution in [2.75, 3.05) is 18.5 Å². The minimum Gasteiger partial charge on any atom is -0.344 e. The van der Waals surface area contributed by atoms with Gasteiger partial charge >= 0.3 is 0 Å². The highest BCUT2D eigenvalue weighted by molar-refractivity contribution is 9.10. The van der Waals surface area contributed by atoms with Gasteiger partial charge in [0.15, 0.2) is 0 Å². The summed E-state index contributed by atoms with van der Waals surface area (Å²) in [7, 11) is 1.97. The van der Waals surface area contributed by atoms with Gasteiger partial charge in [0, 0.05) is 19.8 Å². The number of halogens is 1. The lowest BCUT2D eigenvalue weighted by Crippen LogP contribution is -2.18. The molecule has 0 atom stereocenters. The van der Waals surface area contributed by atoms with Crippen LogP contribution in [0.5, 0.6) is 0 Å². The molecule has 0 radical (unpaired) electrons. The zero-order valence-electron chi connectivity index (χ0n) is 7.50. The first-order chi connectivity index (χ1) is 5.65. The van der Waals surface area contributed by atoms with Gasteiger partial charge in [-0.25, -0.2) is 9.97 Å². The van der Waals surface area contributed by atoms with E-state index in [0.717, 1.165) is 22.7 Å². The van der Waals surface area contributed by atoms with Gasteiger partial charge in [-0.1, -0.05) is 0 Å². The molecule has 1 aromatic heterocycles. The van der Waals surface area contributed by atoms with Gasteiger partial charge in [-0.3, -0.25) is 0 Å². The van der Waals surface area contributed by atoms with Crippen LogP contribution in [0.15, 0.2) is 10.7 Å². The average Bonchev–Trinajstić information content (AvgIpc) is 2.08. The minimum atomic E-state index is 0.776. The normalized spacial score (nSPS) is 10.0. The Morgan fingerprint density at radius 1 is 1.58 bits per heavy atom. The quantitative estimate of drug-likeness (QED) is 0.778. The SMILES string of the molecule is CCN(C)c1ncc(Br)c(C)n1. The molecule has 0 saturated carbocycles. The van der Waals surface area contributed by atoms with Crippen LogP contribution < -0.4 is 4.90 Å². The smallest absolute Gasteiger partial charge is 0.225 e. The van der Waals surface area contributed by atoms with Crippen molar-refractivity contribution in [3.63, 3.8) is 0 Å². The molecule has 0 fully saturated rings. The molecular weight excluding hydrogens is 218 g/mol. The Morgan fingerprint density at radius 3 is 2.75 bits per heavy atom. The summed E-state index contributed by atoms with van der Waals surface area (Å²) < 4.78 is 0.954.